The SMILES string of the molecule is C[C@@H](NC(=O)[C@H](CCCCOC(=O)c1ccccc1)NC(=O)OC(C)(C)C)C(=O)N[C@@H](Cc1ccccc1)C(=O)N1CCCC1C(=O)O. The lowest BCUT2D eigenvalue weighted by Gasteiger charge is -2.28. The van der Waals surface area contributed by atoms with Crippen LogP contribution in [0.4, 0.5) is 4.79 Å². The first-order valence-corrected chi connectivity index (χ1v) is 16.1. The summed E-state index contributed by atoms with van der Waals surface area (Å²) in [7, 11) is 0. The van der Waals surface area contributed by atoms with Crippen LogP contribution in [0.25, 0.3) is 0 Å². The quantitative estimate of drug-likeness (QED) is 0.164. The van der Waals surface area contributed by atoms with Crippen LogP contribution in [-0.2, 0) is 35.1 Å². The molecule has 1 unspecified atom stereocenters. The molecular weight excluding hydrogens is 620 g/mol. The van der Waals surface area contributed by atoms with E-state index in [1.165, 1.54) is 11.8 Å². The highest BCUT2D eigenvalue weighted by atomic mass is 16.6. The van der Waals surface area contributed by atoms with Crippen molar-refractivity contribution in [1.82, 2.24) is 20.9 Å². The Kier molecular flexibility index (Phi) is 13.9. The van der Waals surface area contributed by atoms with E-state index in [2.05, 4.69) is 16.0 Å². The molecule has 2 aromatic rings. The Morgan fingerprint density at radius 2 is 1.52 bits per heavy atom. The maximum atomic E-state index is 13.6. The highest BCUT2D eigenvalue weighted by molar-refractivity contribution is 5.95. The van der Waals surface area contributed by atoms with Crippen molar-refractivity contribution in [1.29, 1.82) is 0 Å². The van der Waals surface area contributed by atoms with Crippen LogP contribution in [0.2, 0.25) is 0 Å². The molecule has 1 fully saturated rings. The number of benzene rings is 2. The second kappa shape index (κ2) is 17.8. The number of carboxylic acid groups (broad SMARTS) is 1. The molecule has 0 aromatic heterocycles. The first-order chi connectivity index (χ1) is 22.7. The molecule has 4 atom stereocenters. The minimum Gasteiger partial charge on any atom is -0.480 e. The topological polar surface area (TPSA) is 180 Å². The van der Waals surface area contributed by atoms with Gasteiger partial charge in [-0.2, -0.15) is 0 Å². The first-order valence-electron chi connectivity index (χ1n) is 16.1. The summed E-state index contributed by atoms with van der Waals surface area (Å²) < 4.78 is 10.6. The number of nitrogens with one attached hydrogen (secondary N) is 3. The van der Waals surface area contributed by atoms with Gasteiger partial charge in [-0.15, -0.1) is 0 Å². The number of carboxylic acids is 1. The van der Waals surface area contributed by atoms with Gasteiger partial charge in [0.05, 0.1) is 12.2 Å². The van der Waals surface area contributed by atoms with E-state index in [0.29, 0.717) is 31.2 Å². The van der Waals surface area contributed by atoms with Gasteiger partial charge in [-0.25, -0.2) is 14.4 Å². The van der Waals surface area contributed by atoms with E-state index in [0.717, 1.165) is 5.56 Å². The predicted molar refractivity (Wildman–Crippen MR) is 176 cm³/mol. The number of rotatable bonds is 15. The number of unbranched alkanes of at least 4 members (excludes halogenated alkanes) is 1. The molecule has 1 aliphatic heterocycles. The molecule has 0 spiro atoms. The summed E-state index contributed by atoms with van der Waals surface area (Å²) in [5.74, 6) is -3.41. The molecule has 0 bridgehead atoms. The second-order valence-electron chi connectivity index (χ2n) is 12.7. The second-order valence-corrected chi connectivity index (χ2v) is 12.7. The predicted octanol–water partition coefficient (Wildman–Crippen LogP) is 3.21. The average molecular weight is 667 g/mol. The normalized spacial score (nSPS) is 16.2. The van der Waals surface area contributed by atoms with E-state index in [1.54, 1.807) is 75.4 Å². The summed E-state index contributed by atoms with van der Waals surface area (Å²) in [5.41, 5.74) is 0.359. The Morgan fingerprint density at radius 1 is 0.875 bits per heavy atom. The van der Waals surface area contributed by atoms with Gasteiger partial charge in [0.1, 0.15) is 29.8 Å². The molecule has 48 heavy (non-hydrogen) atoms. The van der Waals surface area contributed by atoms with Gasteiger partial charge in [0.25, 0.3) is 0 Å². The molecule has 1 saturated heterocycles. The lowest BCUT2D eigenvalue weighted by molar-refractivity contribution is -0.149. The molecule has 1 heterocycles. The minimum atomic E-state index is -1.12. The maximum Gasteiger partial charge on any atom is 0.408 e. The van der Waals surface area contributed by atoms with Crippen molar-refractivity contribution in [3.8, 4) is 0 Å². The summed E-state index contributed by atoms with van der Waals surface area (Å²) in [6, 6.07) is 13.3. The van der Waals surface area contributed by atoms with Crippen LogP contribution in [0.5, 0.6) is 0 Å². The first kappa shape index (κ1) is 37.5. The van der Waals surface area contributed by atoms with Crippen molar-refractivity contribution >= 4 is 35.8 Å². The summed E-state index contributed by atoms with van der Waals surface area (Å²) >= 11 is 0. The summed E-state index contributed by atoms with van der Waals surface area (Å²) in [6.45, 7) is 6.85. The number of aliphatic carboxylic acids is 1. The third-order valence-electron chi connectivity index (χ3n) is 7.61. The number of likely N-dealkylation sites (tertiary alicyclic amines) is 1. The van der Waals surface area contributed by atoms with Gasteiger partial charge in [-0.05, 0) is 77.5 Å². The van der Waals surface area contributed by atoms with Gasteiger partial charge < -0.3 is 35.4 Å². The van der Waals surface area contributed by atoms with Crippen LogP contribution >= 0.6 is 0 Å². The number of amides is 4. The lowest BCUT2D eigenvalue weighted by Crippen LogP contribution is -2.57. The van der Waals surface area contributed by atoms with Gasteiger partial charge in [-0.1, -0.05) is 48.5 Å². The molecule has 0 saturated carbocycles. The molecule has 2 aromatic carbocycles. The smallest absolute Gasteiger partial charge is 0.408 e. The number of hydrogen-bond donors (Lipinski definition) is 4. The Morgan fingerprint density at radius 3 is 2.15 bits per heavy atom. The number of hydrogen-bond acceptors (Lipinski definition) is 8. The van der Waals surface area contributed by atoms with E-state index in [-0.39, 0.29) is 26.0 Å². The Hall–Kier alpha value is -4.94. The van der Waals surface area contributed by atoms with Crippen LogP contribution in [0.3, 0.4) is 0 Å². The highest BCUT2D eigenvalue weighted by Crippen LogP contribution is 2.20. The molecular formula is C35H46N4O9. The molecule has 4 amide bonds. The van der Waals surface area contributed by atoms with E-state index >= 15 is 0 Å². The van der Waals surface area contributed by atoms with Gasteiger partial charge in [-0.3, -0.25) is 14.4 Å². The van der Waals surface area contributed by atoms with Gasteiger partial charge in [0.15, 0.2) is 0 Å². The van der Waals surface area contributed by atoms with Crippen molar-refractivity contribution in [3.05, 3.63) is 71.8 Å². The third kappa shape index (κ3) is 12.0. The average Bonchev–Trinajstić information content (AvgIpc) is 3.54. The molecule has 13 heteroatoms. The van der Waals surface area contributed by atoms with Crippen LogP contribution in [-0.4, -0.2) is 88.7 Å². The van der Waals surface area contributed by atoms with Crippen molar-refractivity contribution in [2.24, 2.45) is 0 Å². The summed E-state index contributed by atoms with van der Waals surface area (Å²) in [6.07, 6.45) is 1.11. The highest BCUT2D eigenvalue weighted by Gasteiger charge is 2.38. The number of ether oxygens (including phenoxy) is 2. The molecule has 260 valence electrons. The lowest BCUT2D eigenvalue weighted by atomic mass is 10.0. The Labute approximate surface area is 280 Å². The summed E-state index contributed by atoms with van der Waals surface area (Å²) in [5, 5.41) is 17.5. The number of carbonyl (C=O) groups is 6. The monoisotopic (exact) mass is 666 g/mol. The number of carbonyl (C=O) groups excluding carboxylic acids is 5. The van der Waals surface area contributed by atoms with Crippen LogP contribution < -0.4 is 16.0 Å². The largest absolute Gasteiger partial charge is 0.480 e. The Balaban J connectivity index is 1.64. The van der Waals surface area contributed by atoms with E-state index in [1.807, 2.05) is 6.07 Å². The van der Waals surface area contributed by atoms with Gasteiger partial charge >= 0.3 is 18.0 Å². The zero-order valence-corrected chi connectivity index (χ0v) is 27.9. The Bertz CT molecular complexity index is 1410. The van der Waals surface area contributed by atoms with Crippen LogP contribution in [0.15, 0.2) is 60.7 Å². The zero-order valence-electron chi connectivity index (χ0n) is 27.9. The molecule has 1 aliphatic rings. The fraction of sp³-hybridized carbons (Fsp3) is 0.486. The van der Waals surface area contributed by atoms with Crippen molar-refractivity contribution < 1.29 is 43.3 Å². The van der Waals surface area contributed by atoms with Crippen LogP contribution in [0.1, 0.15) is 75.7 Å². The minimum absolute atomic E-state index is 0.101. The molecule has 13 nitrogen and oxygen atoms in total. The molecule has 4 N–H and O–H groups in total. The zero-order chi connectivity index (χ0) is 35.3. The number of esters is 1. The fourth-order valence-corrected chi connectivity index (χ4v) is 5.21. The van der Waals surface area contributed by atoms with E-state index < -0.39 is 65.5 Å². The van der Waals surface area contributed by atoms with Crippen LogP contribution in [0, 0.1) is 0 Å². The van der Waals surface area contributed by atoms with Crippen molar-refractivity contribution in [2.75, 3.05) is 13.2 Å². The van der Waals surface area contributed by atoms with Crippen molar-refractivity contribution in [2.45, 2.75) is 96.0 Å². The summed E-state index contributed by atoms with van der Waals surface area (Å²) in [4.78, 5) is 78.1. The van der Waals surface area contributed by atoms with Gasteiger partial charge in [0, 0.05) is 13.0 Å². The molecule has 0 radical (unpaired) electrons. The fourth-order valence-electron chi connectivity index (χ4n) is 5.21. The van der Waals surface area contributed by atoms with E-state index in [9.17, 15) is 33.9 Å². The molecule has 3 rings (SSSR count). The standard InChI is InChI=1S/C35H46N4O9/c1-23(29(40)37-27(22-24-14-7-5-8-15-24)31(42)39-20-13-19-28(39)32(43)44)36-30(41)26(38-34(46)48-35(2,3)4)18-11-12-21-47-33(45)25-16-9-6-10-17-25/h5-10,14-17,23,26-28H,11-13,18-22H2,1-4H3,(H,36,41)(H,37,40)(H,38,46)(H,43,44)/t23-,26+,27+,28?/m1/s1. The van der Waals surface area contributed by atoms with Gasteiger partial charge in [0.2, 0.25) is 17.7 Å². The van der Waals surface area contributed by atoms with E-state index in [4.69, 9.17) is 9.47 Å². The maximum absolute atomic E-state index is 13.6. The number of alkyl carbamates (subject to hydrolysis) is 1. The van der Waals surface area contributed by atoms with Crippen molar-refractivity contribution in [3.63, 3.8) is 0 Å². The molecule has 0 aliphatic carbocycles. The third-order valence-corrected chi connectivity index (χ3v) is 7.61. The number of nitrogens with zero attached hydrogens (tertiary/aromatic N) is 1.